The van der Waals surface area contributed by atoms with E-state index in [1.54, 1.807) is 23.1 Å². The van der Waals surface area contributed by atoms with E-state index in [1.165, 1.54) is 14.2 Å². The number of carbonyl (C=O) groups is 3. The number of hydrogen-bond acceptors (Lipinski definition) is 6. The number of rotatable bonds is 5. The number of ether oxygens (including phenoxy) is 2. The molecule has 0 radical (unpaired) electrons. The Labute approximate surface area is 176 Å². The van der Waals surface area contributed by atoms with E-state index in [2.05, 4.69) is 15.9 Å². The van der Waals surface area contributed by atoms with Gasteiger partial charge >= 0.3 is 0 Å². The van der Waals surface area contributed by atoms with Crippen LogP contribution in [0.2, 0.25) is 0 Å². The number of imide groups is 1. The van der Waals surface area contributed by atoms with Gasteiger partial charge in [-0.3, -0.25) is 19.3 Å². The Balaban J connectivity index is 1.77. The predicted molar refractivity (Wildman–Crippen MR) is 110 cm³/mol. The monoisotopic (exact) mass is 468 g/mol. The molecule has 2 fully saturated rings. The highest BCUT2D eigenvalue weighted by atomic mass is 79.9. The Hall–Kier alpha value is -2.00. The summed E-state index contributed by atoms with van der Waals surface area (Å²) < 4.78 is 11.3. The Morgan fingerprint density at radius 2 is 1.89 bits per heavy atom. The van der Waals surface area contributed by atoms with E-state index in [0.717, 1.165) is 35.9 Å². The zero-order valence-electron chi connectivity index (χ0n) is 15.7. The van der Waals surface area contributed by atoms with E-state index in [-0.39, 0.29) is 17.4 Å². The third-order valence-electron chi connectivity index (χ3n) is 4.63. The first-order valence-electron chi connectivity index (χ1n) is 8.89. The second-order valence-electron chi connectivity index (χ2n) is 6.45. The lowest BCUT2D eigenvalue weighted by Gasteiger charge is -2.27. The van der Waals surface area contributed by atoms with Gasteiger partial charge < -0.3 is 14.4 Å². The maximum atomic E-state index is 12.7. The van der Waals surface area contributed by atoms with Gasteiger partial charge in [-0.05, 0) is 70.7 Å². The highest BCUT2D eigenvalue weighted by molar-refractivity contribution is 9.10. The third-order valence-corrected chi connectivity index (χ3v) is 6.13. The molecule has 9 heteroatoms. The van der Waals surface area contributed by atoms with Crippen molar-refractivity contribution in [2.24, 2.45) is 0 Å². The first-order valence-corrected chi connectivity index (χ1v) is 10.5. The van der Waals surface area contributed by atoms with E-state index in [0.29, 0.717) is 34.6 Å². The molecular weight excluding hydrogens is 448 g/mol. The minimum absolute atomic E-state index is 0.183. The maximum absolute atomic E-state index is 12.7. The summed E-state index contributed by atoms with van der Waals surface area (Å²) in [6, 6.07) is 3.49. The molecule has 0 unspecified atom stereocenters. The van der Waals surface area contributed by atoms with Gasteiger partial charge in [0.25, 0.3) is 11.1 Å². The molecule has 150 valence electrons. The number of thioether (sulfide) groups is 1. The number of halogens is 1. The van der Waals surface area contributed by atoms with Gasteiger partial charge in [0.2, 0.25) is 5.91 Å². The lowest BCUT2D eigenvalue weighted by molar-refractivity contribution is -0.136. The lowest BCUT2D eigenvalue weighted by Crippen LogP contribution is -2.44. The van der Waals surface area contributed by atoms with Crippen molar-refractivity contribution in [3.63, 3.8) is 0 Å². The van der Waals surface area contributed by atoms with E-state index in [4.69, 9.17) is 9.47 Å². The van der Waals surface area contributed by atoms with E-state index in [9.17, 15) is 14.4 Å². The number of nitrogens with zero attached hydrogens (tertiary/aromatic N) is 2. The van der Waals surface area contributed by atoms with Crippen LogP contribution in [-0.4, -0.2) is 60.7 Å². The molecule has 0 aliphatic carbocycles. The highest BCUT2D eigenvalue weighted by Gasteiger charge is 2.37. The van der Waals surface area contributed by atoms with Crippen LogP contribution in [0.15, 0.2) is 21.5 Å². The summed E-state index contributed by atoms with van der Waals surface area (Å²) in [6.07, 6.45) is 4.64. The van der Waals surface area contributed by atoms with Crippen molar-refractivity contribution in [3.05, 3.63) is 27.1 Å². The average Bonchev–Trinajstić information content (AvgIpc) is 2.95. The zero-order chi connectivity index (χ0) is 20.3. The fraction of sp³-hybridized carbons (Fsp3) is 0.421. The minimum Gasteiger partial charge on any atom is -0.493 e. The molecule has 2 heterocycles. The summed E-state index contributed by atoms with van der Waals surface area (Å²) in [5, 5.41) is -0.429. The van der Waals surface area contributed by atoms with Crippen LogP contribution in [0.25, 0.3) is 6.08 Å². The van der Waals surface area contributed by atoms with Crippen LogP contribution in [0.1, 0.15) is 24.8 Å². The summed E-state index contributed by atoms with van der Waals surface area (Å²) in [4.78, 5) is 40.4. The normalized spacial score (nSPS) is 18.8. The standard InChI is InChI=1S/C19H21BrN2O5S/c1-26-14-9-12(8-13(20)17(14)27-2)10-15-18(24)22(19(25)28-15)11-16(23)21-6-4-3-5-7-21/h8-10H,3-7,11H2,1-2H3/b15-10-. The van der Waals surface area contributed by atoms with Crippen LogP contribution in [-0.2, 0) is 9.59 Å². The van der Waals surface area contributed by atoms with Crippen LogP contribution in [0.5, 0.6) is 11.5 Å². The lowest BCUT2D eigenvalue weighted by atomic mass is 10.1. The molecule has 3 rings (SSSR count). The summed E-state index contributed by atoms with van der Waals surface area (Å²) >= 11 is 4.25. The van der Waals surface area contributed by atoms with Crippen LogP contribution in [0.4, 0.5) is 4.79 Å². The molecule has 0 atom stereocenters. The number of amides is 3. The largest absolute Gasteiger partial charge is 0.493 e. The quantitative estimate of drug-likeness (QED) is 0.615. The van der Waals surface area contributed by atoms with Crippen molar-refractivity contribution >= 4 is 50.8 Å². The smallest absolute Gasteiger partial charge is 0.294 e. The number of hydrogen-bond donors (Lipinski definition) is 0. The van der Waals surface area contributed by atoms with Crippen molar-refractivity contribution < 1.29 is 23.9 Å². The molecule has 7 nitrogen and oxygen atoms in total. The number of piperidine rings is 1. The highest BCUT2D eigenvalue weighted by Crippen LogP contribution is 2.38. The average molecular weight is 469 g/mol. The second-order valence-corrected chi connectivity index (χ2v) is 8.30. The van der Waals surface area contributed by atoms with Crippen LogP contribution >= 0.6 is 27.7 Å². The van der Waals surface area contributed by atoms with Crippen molar-refractivity contribution in [2.45, 2.75) is 19.3 Å². The van der Waals surface area contributed by atoms with Crippen molar-refractivity contribution in [2.75, 3.05) is 33.9 Å². The van der Waals surface area contributed by atoms with E-state index < -0.39 is 11.1 Å². The van der Waals surface area contributed by atoms with Gasteiger partial charge in [-0.15, -0.1) is 0 Å². The molecular formula is C19H21BrN2O5S. The number of benzene rings is 1. The fourth-order valence-electron chi connectivity index (χ4n) is 3.19. The molecule has 3 amide bonds. The van der Waals surface area contributed by atoms with E-state index >= 15 is 0 Å². The Bertz CT molecular complexity index is 836. The molecule has 0 saturated carbocycles. The summed E-state index contributed by atoms with van der Waals surface area (Å²) in [7, 11) is 3.06. The number of carbonyl (C=O) groups excluding carboxylic acids is 3. The SMILES string of the molecule is COc1cc(/C=C2\SC(=O)N(CC(=O)N3CCCCC3)C2=O)cc(Br)c1OC. The van der Waals surface area contributed by atoms with Crippen molar-refractivity contribution in [3.8, 4) is 11.5 Å². The molecule has 1 aromatic rings. The molecule has 2 saturated heterocycles. The Morgan fingerprint density at radius 3 is 2.54 bits per heavy atom. The van der Waals surface area contributed by atoms with Gasteiger partial charge in [0, 0.05) is 13.1 Å². The number of likely N-dealkylation sites (tertiary alicyclic amines) is 1. The van der Waals surface area contributed by atoms with Gasteiger partial charge in [0.1, 0.15) is 6.54 Å². The van der Waals surface area contributed by atoms with Crippen molar-refractivity contribution in [1.29, 1.82) is 0 Å². The first-order chi connectivity index (χ1) is 13.4. The second kappa shape index (κ2) is 9.00. The third kappa shape index (κ3) is 4.35. The summed E-state index contributed by atoms with van der Waals surface area (Å²) in [5.41, 5.74) is 0.678. The first kappa shape index (κ1) is 20.7. The molecule has 2 aliphatic rings. The van der Waals surface area contributed by atoms with Gasteiger partial charge in [-0.2, -0.15) is 0 Å². The Morgan fingerprint density at radius 1 is 1.18 bits per heavy atom. The predicted octanol–water partition coefficient (Wildman–Crippen LogP) is 3.52. The number of methoxy groups -OCH3 is 2. The topological polar surface area (TPSA) is 76.2 Å². The van der Waals surface area contributed by atoms with Gasteiger partial charge in [-0.1, -0.05) is 0 Å². The van der Waals surface area contributed by atoms with Gasteiger partial charge in [0.15, 0.2) is 11.5 Å². The molecule has 1 aromatic carbocycles. The minimum atomic E-state index is -0.453. The maximum Gasteiger partial charge on any atom is 0.294 e. The van der Waals surface area contributed by atoms with Crippen LogP contribution in [0, 0.1) is 0 Å². The molecule has 0 N–H and O–H groups in total. The van der Waals surface area contributed by atoms with Crippen molar-refractivity contribution in [1.82, 2.24) is 9.80 Å². The van der Waals surface area contributed by atoms with Crippen LogP contribution < -0.4 is 9.47 Å². The summed E-state index contributed by atoms with van der Waals surface area (Å²) in [5.74, 6) is 0.408. The summed E-state index contributed by atoms with van der Waals surface area (Å²) in [6.45, 7) is 1.16. The van der Waals surface area contributed by atoms with Gasteiger partial charge in [0.05, 0.1) is 23.6 Å². The molecule has 0 bridgehead atoms. The molecule has 28 heavy (non-hydrogen) atoms. The Kier molecular flexibility index (Phi) is 6.66. The molecule has 0 aromatic heterocycles. The van der Waals surface area contributed by atoms with E-state index in [1.807, 2.05) is 0 Å². The molecule has 0 spiro atoms. The molecule has 2 aliphatic heterocycles. The fourth-order valence-corrected chi connectivity index (χ4v) is 4.65. The van der Waals surface area contributed by atoms with Gasteiger partial charge in [-0.25, -0.2) is 0 Å². The van der Waals surface area contributed by atoms with Crippen LogP contribution in [0.3, 0.4) is 0 Å². The zero-order valence-corrected chi connectivity index (χ0v) is 18.1.